The van der Waals surface area contributed by atoms with Gasteiger partial charge in [0, 0.05) is 10.6 Å². The fourth-order valence-corrected chi connectivity index (χ4v) is 2.69. The first-order chi connectivity index (χ1) is 11.6. The van der Waals surface area contributed by atoms with E-state index < -0.39 is 0 Å². The quantitative estimate of drug-likeness (QED) is 0.547. The lowest BCUT2D eigenvalue weighted by Gasteiger charge is -2.04. The first-order valence-corrected chi connectivity index (χ1v) is 8.30. The Balaban J connectivity index is 0.00000225. The van der Waals surface area contributed by atoms with Crippen LogP contribution in [0.3, 0.4) is 0 Å². The highest BCUT2D eigenvalue weighted by Crippen LogP contribution is 2.26. The van der Waals surface area contributed by atoms with Crippen molar-refractivity contribution >= 4 is 24.0 Å². The van der Waals surface area contributed by atoms with Crippen LogP contribution in [0.1, 0.15) is 16.9 Å². The van der Waals surface area contributed by atoms with Gasteiger partial charge in [-0.15, -0.1) is 12.4 Å². The molecule has 132 valence electrons. The van der Waals surface area contributed by atoms with Crippen molar-refractivity contribution in [3.8, 4) is 11.3 Å². The van der Waals surface area contributed by atoms with E-state index >= 15 is 0 Å². The van der Waals surface area contributed by atoms with Crippen LogP contribution in [-0.2, 0) is 13.0 Å². The van der Waals surface area contributed by atoms with Gasteiger partial charge in [0.1, 0.15) is 17.3 Å². The average Bonchev–Trinajstić information content (AvgIpc) is 3.04. The zero-order valence-electron chi connectivity index (χ0n) is 13.9. The van der Waals surface area contributed by atoms with Gasteiger partial charge in [-0.25, -0.2) is 4.39 Å². The fourth-order valence-electron chi connectivity index (χ4n) is 2.51. The number of hydrogen-bond acceptors (Lipinski definition) is 2. The van der Waals surface area contributed by atoms with Crippen molar-refractivity contribution in [2.24, 2.45) is 0 Å². The van der Waals surface area contributed by atoms with E-state index in [1.165, 1.54) is 6.07 Å². The maximum Gasteiger partial charge on any atom is 0.134 e. The molecule has 1 N–H and O–H groups in total. The summed E-state index contributed by atoms with van der Waals surface area (Å²) in [5.74, 6) is 1.48. The SMILES string of the molecule is Cc1ccc(-c2ccc(CNCCc3ccccc3F)o2)cc1Cl.Cl. The smallest absolute Gasteiger partial charge is 0.134 e. The molecule has 0 aliphatic rings. The van der Waals surface area contributed by atoms with Gasteiger partial charge in [0.15, 0.2) is 0 Å². The molecule has 2 nitrogen and oxygen atoms in total. The number of benzene rings is 2. The van der Waals surface area contributed by atoms with Crippen molar-refractivity contribution in [3.05, 3.63) is 82.3 Å². The Labute approximate surface area is 158 Å². The summed E-state index contributed by atoms with van der Waals surface area (Å²) in [5, 5.41) is 4.01. The Morgan fingerprint density at radius 3 is 2.64 bits per heavy atom. The highest BCUT2D eigenvalue weighted by Gasteiger charge is 2.07. The molecule has 0 aliphatic heterocycles. The van der Waals surface area contributed by atoms with Gasteiger partial charge >= 0.3 is 0 Å². The average molecular weight is 380 g/mol. The monoisotopic (exact) mass is 379 g/mol. The highest BCUT2D eigenvalue weighted by molar-refractivity contribution is 6.31. The number of hydrogen-bond donors (Lipinski definition) is 1. The largest absolute Gasteiger partial charge is 0.460 e. The third-order valence-corrected chi connectivity index (χ3v) is 4.35. The Hall–Kier alpha value is -1.81. The van der Waals surface area contributed by atoms with Crippen LogP contribution in [0.25, 0.3) is 11.3 Å². The van der Waals surface area contributed by atoms with Gasteiger partial charge < -0.3 is 9.73 Å². The summed E-state index contributed by atoms with van der Waals surface area (Å²) in [7, 11) is 0. The Kier molecular flexibility index (Phi) is 7.06. The molecular weight excluding hydrogens is 360 g/mol. The molecule has 0 saturated carbocycles. The number of rotatable bonds is 6. The van der Waals surface area contributed by atoms with E-state index in [-0.39, 0.29) is 18.2 Å². The zero-order valence-corrected chi connectivity index (χ0v) is 15.5. The maximum absolute atomic E-state index is 13.5. The third kappa shape index (κ3) is 5.08. The van der Waals surface area contributed by atoms with E-state index in [4.69, 9.17) is 16.0 Å². The standard InChI is InChI=1S/C20H19ClFNO.ClH/c1-14-6-7-16(12-18(14)21)20-9-8-17(24-20)13-23-11-10-15-4-2-3-5-19(15)22;/h2-9,12,23H,10-11,13H2,1H3;1H. The van der Waals surface area contributed by atoms with Crippen LogP contribution in [0.5, 0.6) is 0 Å². The lowest BCUT2D eigenvalue weighted by molar-refractivity contribution is 0.493. The van der Waals surface area contributed by atoms with Gasteiger partial charge in [-0.2, -0.15) is 0 Å². The van der Waals surface area contributed by atoms with Gasteiger partial charge in [-0.3, -0.25) is 0 Å². The van der Waals surface area contributed by atoms with E-state index in [0.717, 1.165) is 33.2 Å². The molecule has 0 unspecified atom stereocenters. The van der Waals surface area contributed by atoms with Gasteiger partial charge in [-0.05, 0) is 55.3 Å². The second kappa shape index (κ2) is 9.04. The molecule has 1 aromatic heterocycles. The Bertz CT molecular complexity index is 832. The molecule has 0 aliphatic carbocycles. The van der Waals surface area contributed by atoms with Crippen LogP contribution in [0.2, 0.25) is 5.02 Å². The minimum atomic E-state index is -0.157. The van der Waals surface area contributed by atoms with Crippen LogP contribution in [0.4, 0.5) is 4.39 Å². The zero-order chi connectivity index (χ0) is 16.9. The number of aryl methyl sites for hydroxylation is 1. The van der Waals surface area contributed by atoms with E-state index in [0.29, 0.717) is 19.5 Å². The second-order valence-corrected chi connectivity index (χ2v) is 6.16. The Morgan fingerprint density at radius 2 is 1.88 bits per heavy atom. The second-order valence-electron chi connectivity index (χ2n) is 5.75. The molecule has 3 rings (SSSR count). The number of furan rings is 1. The summed E-state index contributed by atoms with van der Waals surface area (Å²) < 4.78 is 19.4. The molecule has 5 heteroatoms. The van der Waals surface area contributed by atoms with Crippen LogP contribution < -0.4 is 5.32 Å². The van der Waals surface area contributed by atoms with Crippen LogP contribution in [0, 0.1) is 12.7 Å². The number of halogens is 3. The van der Waals surface area contributed by atoms with Crippen molar-refractivity contribution in [2.75, 3.05) is 6.54 Å². The predicted octanol–water partition coefficient (Wildman–Crippen LogP) is 5.80. The lowest BCUT2D eigenvalue weighted by atomic mass is 10.1. The van der Waals surface area contributed by atoms with E-state index in [1.54, 1.807) is 6.07 Å². The lowest BCUT2D eigenvalue weighted by Crippen LogP contribution is -2.16. The molecule has 1 heterocycles. The predicted molar refractivity (Wildman–Crippen MR) is 103 cm³/mol. The van der Waals surface area contributed by atoms with Crippen molar-refractivity contribution in [1.29, 1.82) is 0 Å². The summed E-state index contributed by atoms with van der Waals surface area (Å²) in [6.07, 6.45) is 0.647. The maximum atomic E-state index is 13.5. The molecule has 0 bridgehead atoms. The van der Waals surface area contributed by atoms with Gasteiger partial charge in [0.25, 0.3) is 0 Å². The van der Waals surface area contributed by atoms with E-state index in [2.05, 4.69) is 5.32 Å². The van der Waals surface area contributed by atoms with Crippen molar-refractivity contribution in [2.45, 2.75) is 19.9 Å². The molecule has 25 heavy (non-hydrogen) atoms. The normalized spacial score (nSPS) is 10.5. The van der Waals surface area contributed by atoms with Crippen molar-refractivity contribution in [3.63, 3.8) is 0 Å². The minimum absolute atomic E-state index is 0. The first kappa shape index (κ1) is 19.5. The van der Waals surface area contributed by atoms with Gasteiger partial charge in [0.2, 0.25) is 0 Å². The van der Waals surface area contributed by atoms with Crippen LogP contribution >= 0.6 is 24.0 Å². The van der Waals surface area contributed by atoms with Crippen molar-refractivity contribution in [1.82, 2.24) is 5.32 Å². The molecule has 2 aromatic carbocycles. The summed E-state index contributed by atoms with van der Waals surface area (Å²) in [6, 6.07) is 16.6. The summed E-state index contributed by atoms with van der Waals surface area (Å²) in [4.78, 5) is 0. The molecule has 0 radical (unpaired) electrons. The molecule has 3 aromatic rings. The summed E-state index contributed by atoms with van der Waals surface area (Å²) in [5.41, 5.74) is 2.73. The van der Waals surface area contributed by atoms with E-state index in [9.17, 15) is 4.39 Å². The highest BCUT2D eigenvalue weighted by atomic mass is 35.5. The molecule has 0 fully saturated rings. The topological polar surface area (TPSA) is 25.2 Å². The van der Waals surface area contributed by atoms with E-state index in [1.807, 2.05) is 49.4 Å². The van der Waals surface area contributed by atoms with Gasteiger partial charge in [-0.1, -0.05) is 41.9 Å². The summed E-state index contributed by atoms with van der Waals surface area (Å²) in [6.45, 7) is 3.26. The van der Waals surface area contributed by atoms with Crippen molar-refractivity contribution < 1.29 is 8.81 Å². The van der Waals surface area contributed by atoms with Crippen LogP contribution in [0.15, 0.2) is 59.0 Å². The molecular formula is C20H20Cl2FNO. The molecule has 0 amide bonds. The third-order valence-electron chi connectivity index (χ3n) is 3.95. The minimum Gasteiger partial charge on any atom is -0.460 e. The molecule has 0 spiro atoms. The molecule has 0 atom stereocenters. The fraction of sp³-hybridized carbons (Fsp3) is 0.200. The number of nitrogens with one attached hydrogen (secondary N) is 1. The molecule has 0 saturated heterocycles. The Morgan fingerprint density at radius 1 is 1.08 bits per heavy atom. The van der Waals surface area contributed by atoms with Gasteiger partial charge in [0.05, 0.1) is 6.54 Å². The van der Waals surface area contributed by atoms with Crippen LogP contribution in [-0.4, -0.2) is 6.54 Å². The summed E-state index contributed by atoms with van der Waals surface area (Å²) >= 11 is 6.16. The first-order valence-electron chi connectivity index (χ1n) is 7.93.